The summed E-state index contributed by atoms with van der Waals surface area (Å²) in [6, 6.07) is 6.54. The lowest BCUT2D eigenvalue weighted by atomic mass is 9.87. The van der Waals surface area contributed by atoms with E-state index in [4.69, 9.17) is 5.11 Å². The number of carbonyl (C=O) groups excluding carboxylic acids is 1. The van der Waals surface area contributed by atoms with Crippen molar-refractivity contribution >= 4 is 22.6 Å². The van der Waals surface area contributed by atoms with Gasteiger partial charge in [-0.05, 0) is 24.5 Å². The fourth-order valence-corrected chi connectivity index (χ4v) is 3.51. The minimum Gasteiger partial charge on any atom is -0.481 e. The first-order valence-corrected chi connectivity index (χ1v) is 8.61. The average molecular weight is 359 g/mol. The number of amides is 1. The van der Waals surface area contributed by atoms with Crippen LogP contribution in [0.25, 0.3) is 10.8 Å². The van der Waals surface area contributed by atoms with E-state index >= 15 is 0 Å². The molecule has 2 heterocycles. The number of aryl methyl sites for hydroxylation is 1. The van der Waals surface area contributed by atoms with E-state index in [1.165, 1.54) is 0 Å². The zero-order valence-electron chi connectivity index (χ0n) is 14.5. The quantitative estimate of drug-likeness (QED) is 0.832. The summed E-state index contributed by atoms with van der Waals surface area (Å²) in [6.07, 6.45) is 0.494. The van der Waals surface area contributed by atoms with Crippen molar-refractivity contribution in [2.45, 2.75) is 26.3 Å². The van der Waals surface area contributed by atoms with Gasteiger partial charge in [0.05, 0.1) is 23.2 Å². The summed E-state index contributed by atoms with van der Waals surface area (Å²) >= 11 is 0. The summed E-state index contributed by atoms with van der Waals surface area (Å²) in [4.78, 5) is 49.7. The molecule has 1 aliphatic rings. The van der Waals surface area contributed by atoms with Gasteiger partial charge in [0.1, 0.15) is 0 Å². The van der Waals surface area contributed by atoms with Crippen LogP contribution in [-0.2, 0) is 16.1 Å². The molecule has 0 saturated carbocycles. The fraction of sp³-hybridized carbons (Fsp3) is 0.444. The van der Waals surface area contributed by atoms with Crippen LogP contribution in [0.2, 0.25) is 0 Å². The molecule has 26 heavy (non-hydrogen) atoms. The minimum atomic E-state index is -0.829. The molecule has 1 saturated heterocycles. The van der Waals surface area contributed by atoms with E-state index in [0.717, 1.165) is 4.68 Å². The Balaban J connectivity index is 1.70. The number of H-pyrrole nitrogens is 1. The number of carboxylic acid groups (broad SMARTS) is 1. The first-order chi connectivity index (χ1) is 12.4. The van der Waals surface area contributed by atoms with E-state index in [0.29, 0.717) is 30.3 Å². The summed E-state index contributed by atoms with van der Waals surface area (Å²) in [5, 5.41) is 12.3. The highest BCUT2D eigenvalue weighted by Gasteiger charge is 2.32. The van der Waals surface area contributed by atoms with E-state index in [9.17, 15) is 19.2 Å². The van der Waals surface area contributed by atoms with Gasteiger partial charge in [-0.15, -0.1) is 0 Å². The lowest BCUT2D eigenvalue weighted by Crippen LogP contribution is -2.45. The highest BCUT2D eigenvalue weighted by atomic mass is 16.4. The van der Waals surface area contributed by atoms with Crippen LogP contribution < -0.4 is 11.1 Å². The number of likely N-dealkylation sites (tertiary alicyclic amines) is 1. The summed E-state index contributed by atoms with van der Waals surface area (Å²) in [5.74, 6) is -1.53. The van der Waals surface area contributed by atoms with Crippen molar-refractivity contribution in [1.82, 2.24) is 14.7 Å². The predicted octanol–water partition coefficient (Wildman–Crippen LogP) is 0.649. The molecule has 0 aliphatic carbocycles. The Labute approximate surface area is 149 Å². The number of hydrogen-bond donors (Lipinski definition) is 2. The number of benzene rings is 1. The molecule has 0 spiro atoms. The largest absolute Gasteiger partial charge is 0.481 e. The lowest BCUT2D eigenvalue weighted by Gasteiger charge is -2.35. The molecule has 3 rings (SSSR count). The first kappa shape index (κ1) is 17.9. The third-order valence-electron chi connectivity index (χ3n) is 5.01. The van der Waals surface area contributed by atoms with Gasteiger partial charge in [0, 0.05) is 19.5 Å². The van der Waals surface area contributed by atoms with Crippen LogP contribution in [0.1, 0.15) is 19.8 Å². The van der Waals surface area contributed by atoms with Crippen molar-refractivity contribution in [1.29, 1.82) is 0 Å². The maximum absolute atomic E-state index is 12.4. The highest BCUT2D eigenvalue weighted by Crippen LogP contribution is 2.23. The topological polar surface area (TPSA) is 112 Å². The Morgan fingerprint density at radius 1 is 1.23 bits per heavy atom. The summed E-state index contributed by atoms with van der Waals surface area (Å²) in [7, 11) is 0. The molecule has 8 heteroatoms. The van der Waals surface area contributed by atoms with Crippen LogP contribution in [0.15, 0.2) is 33.9 Å². The Bertz CT molecular complexity index is 961. The number of aromatic nitrogens is 2. The Kier molecular flexibility index (Phi) is 4.92. The smallest absolute Gasteiger partial charge is 0.306 e. The number of rotatable bonds is 4. The molecule has 2 atom stereocenters. The van der Waals surface area contributed by atoms with Crippen LogP contribution >= 0.6 is 0 Å². The van der Waals surface area contributed by atoms with Gasteiger partial charge in [-0.2, -0.15) is 0 Å². The number of nitrogens with zero attached hydrogens (tertiary/aromatic N) is 2. The van der Waals surface area contributed by atoms with E-state index in [-0.39, 0.29) is 35.9 Å². The first-order valence-electron chi connectivity index (χ1n) is 8.61. The number of piperidine rings is 1. The monoisotopic (exact) mass is 359 g/mol. The second-order valence-electron chi connectivity index (χ2n) is 6.74. The molecular formula is C18H21N3O5. The molecule has 2 unspecified atom stereocenters. The van der Waals surface area contributed by atoms with Gasteiger partial charge >= 0.3 is 5.97 Å². The van der Waals surface area contributed by atoms with Gasteiger partial charge in [-0.25, -0.2) is 4.68 Å². The Hall–Kier alpha value is -2.90. The van der Waals surface area contributed by atoms with Crippen LogP contribution in [0, 0.1) is 11.8 Å². The zero-order valence-corrected chi connectivity index (χ0v) is 14.5. The van der Waals surface area contributed by atoms with Crippen molar-refractivity contribution in [3.8, 4) is 0 Å². The highest BCUT2D eigenvalue weighted by molar-refractivity contribution is 5.80. The van der Waals surface area contributed by atoms with Crippen LogP contribution in [0.5, 0.6) is 0 Å². The SMILES string of the molecule is CC1CN(C(=O)CCn2[nH]c(=O)c3ccccc3c2=O)CCC1C(=O)O. The van der Waals surface area contributed by atoms with Gasteiger partial charge < -0.3 is 10.0 Å². The van der Waals surface area contributed by atoms with Gasteiger partial charge in [-0.3, -0.25) is 24.3 Å². The third-order valence-corrected chi connectivity index (χ3v) is 5.01. The molecule has 1 aromatic carbocycles. The number of carboxylic acids is 1. The lowest BCUT2D eigenvalue weighted by molar-refractivity contribution is -0.148. The summed E-state index contributed by atoms with van der Waals surface area (Å²) in [5.41, 5.74) is -0.713. The number of aliphatic carboxylic acids is 1. The molecule has 2 N–H and O–H groups in total. The molecule has 0 radical (unpaired) electrons. The second kappa shape index (κ2) is 7.15. The fourth-order valence-electron chi connectivity index (χ4n) is 3.51. The van der Waals surface area contributed by atoms with Gasteiger partial charge in [-0.1, -0.05) is 19.1 Å². The van der Waals surface area contributed by atoms with Crippen molar-refractivity contribution in [2.24, 2.45) is 11.8 Å². The molecule has 138 valence electrons. The van der Waals surface area contributed by atoms with Crippen LogP contribution in [-0.4, -0.2) is 44.8 Å². The average Bonchev–Trinajstić information content (AvgIpc) is 2.63. The van der Waals surface area contributed by atoms with Gasteiger partial charge in [0.2, 0.25) is 5.91 Å². The van der Waals surface area contributed by atoms with E-state index < -0.39 is 11.9 Å². The maximum Gasteiger partial charge on any atom is 0.306 e. The van der Waals surface area contributed by atoms with Crippen molar-refractivity contribution < 1.29 is 14.7 Å². The molecule has 0 bridgehead atoms. The molecule has 1 amide bonds. The molecular weight excluding hydrogens is 338 g/mol. The molecule has 1 aliphatic heterocycles. The minimum absolute atomic E-state index is 0.0681. The van der Waals surface area contributed by atoms with E-state index in [2.05, 4.69) is 5.10 Å². The number of fused-ring (bicyclic) bond motifs is 1. The summed E-state index contributed by atoms with van der Waals surface area (Å²) in [6.45, 7) is 2.68. The van der Waals surface area contributed by atoms with Gasteiger partial charge in [0.15, 0.2) is 0 Å². The normalized spacial score (nSPS) is 20.3. The van der Waals surface area contributed by atoms with Crippen LogP contribution in [0.4, 0.5) is 0 Å². The maximum atomic E-state index is 12.4. The molecule has 1 aromatic heterocycles. The number of carbonyl (C=O) groups is 2. The van der Waals surface area contributed by atoms with Crippen LogP contribution in [0.3, 0.4) is 0 Å². The number of hydrogen-bond acceptors (Lipinski definition) is 4. The predicted molar refractivity (Wildman–Crippen MR) is 94.9 cm³/mol. The molecule has 8 nitrogen and oxygen atoms in total. The van der Waals surface area contributed by atoms with Crippen molar-refractivity contribution in [2.75, 3.05) is 13.1 Å². The van der Waals surface area contributed by atoms with E-state index in [1.54, 1.807) is 29.2 Å². The third kappa shape index (κ3) is 3.40. The standard InChI is InChI=1S/C18H21N3O5/c1-11-10-20(8-6-12(11)18(25)26)15(22)7-9-21-17(24)14-5-3-2-4-13(14)16(23)19-21/h2-5,11-12H,6-10H2,1H3,(H,19,23)(H,25,26). The van der Waals surface area contributed by atoms with Crippen molar-refractivity contribution in [3.63, 3.8) is 0 Å². The second-order valence-corrected chi connectivity index (χ2v) is 6.74. The zero-order chi connectivity index (χ0) is 18.8. The Morgan fingerprint density at radius 3 is 2.58 bits per heavy atom. The van der Waals surface area contributed by atoms with E-state index in [1.807, 2.05) is 6.92 Å². The molecule has 2 aromatic rings. The number of nitrogens with one attached hydrogen (secondary N) is 1. The Morgan fingerprint density at radius 2 is 1.92 bits per heavy atom. The van der Waals surface area contributed by atoms with Crippen molar-refractivity contribution in [3.05, 3.63) is 45.0 Å². The molecule has 1 fully saturated rings. The summed E-state index contributed by atoms with van der Waals surface area (Å²) < 4.78 is 1.16. The number of aromatic amines is 1. The van der Waals surface area contributed by atoms with Gasteiger partial charge in [0.25, 0.3) is 11.1 Å².